The van der Waals surface area contributed by atoms with E-state index in [1.165, 1.54) is 25.3 Å². The van der Waals surface area contributed by atoms with Crippen LogP contribution in [0, 0.1) is 0 Å². The fourth-order valence-corrected chi connectivity index (χ4v) is 1.78. The van der Waals surface area contributed by atoms with E-state index in [1.54, 1.807) is 5.10 Å². The summed E-state index contributed by atoms with van der Waals surface area (Å²) in [6.45, 7) is 0. The molecule has 0 fully saturated rings. The first kappa shape index (κ1) is 15.2. The van der Waals surface area contributed by atoms with E-state index in [0.717, 1.165) is 0 Å². The van der Waals surface area contributed by atoms with Gasteiger partial charge in [0, 0.05) is 11.8 Å². The Morgan fingerprint density at radius 1 is 1.38 bits per heavy atom. The zero-order valence-corrected chi connectivity index (χ0v) is 11.3. The second-order valence-corrected chi connectivity index (χ2v) is 4.38. The topological polar surface area (TPSA) is 67.0 Å². The summed E-state index contributed by atoms with van der Waals surface area (Å²) in [4.78, 5) is 11.8. The third-order valence-electron chi connectivity index (χ3n) is 2.53. The second-order valence-electron chi connectivity index (χ2n) is 3.97. The molecule has 0 aliphatic rings. The van der Waals surface area contributed by atoms with Gasteiger partial charge < -0.3 is 10.1 Å². The van der Waals surface area contributed by atoms with Gasteiger partial charge in [-0.15, -0.1) is 0 Å². The average Bonchev–Trinajstić information content (AvgIpc) is 2.88. The molecular weight excluding hydrogens is 311 g/mol. The number of nitrogens with zero attached hydrogens (tertiary/aromatic N) is 1. The summed E-state index contributed by atoms with van der Waals surface area (Å²) >= 11 is 5.88. The van der Waals surface area contributed by atoms with Crippen LogP contribution in [0.5, 0.6) is 5.75 Å². The van der Waals surface area contributed by atoms with Gasteiger partial charge in [0.25, 0.3) is 5.91 Å². The SMILES string of the molecule is COc1ccc(NC(=O)c2cc(C(F)(F)F)[nH]n2)cc1Cl. The highest BCUT2D eigenvalue weighted by atomic mass is 35.5. The molecule has 2 rings (SSSR count). The van der Waals surface area contributed by atoms with E-state index >= 15 is 0 Å². The van der Waals surface area contributed by atoms with E-state index in [1.807, 2.05) is 0 Å². The number of hydrogen-bond acceptors (Lipinski definition) is 3. The normalized spacial score (nSPS) is 11.3. The van der Waals surface area contributed by atoms with Gasteiger partial charge in [0.1, 0.15) is 11.4 Å². The number of alkyl halides is 3. The summed E-state index contributed by atoms with van der Waals surface area (Å²) in [6, 6.07) is 5.06. The number of carbonyl (C=O) groups is 1. The molecule has 1 aromatic heterocycles. The van der Waals surface area contributed by atoms with Gasteiger partial charge in [-0.25, -0.2) is 0 Å². The van der Waals surface area contributed by atoms with Crippen LogP contribution in [0.4, 0.5) is 18.9 Å². The molecular formula is C12H9ClF3N3O2. The minimum atomic E-state index is -4.59. The number of H-pyrrole nitrogens is 1. The van der Waals surface area contributed by atoms with Crippen LogP contribution in [0.2, 0.25) is 5.02 Å². The fraction of sp³-hybridized carbons (Fsp3) is 0.167. The van der Waals surface area contributed by atoms with Gasteiger partial charge in [0.05, 0.1) is 12.1 Å². The molecule has 0 saturated carbocycles. The number of aromatic amines is 1. The largest absolute Gasteiger partial charge is 0.495 e. The van der Waals surface area contributed by atoms with E-state index in [9.17, 15) is 18.0 Å². The maximum Gasteiger partial charge on any atom is 0.432 e. The number of ether oxygens (including phenoxy) is 1. The number of anilines is 1. The molecule has 1 amide bonds. The minimum absolute atomic E-state index is 0.258. The van der Waals surface area contributed by atoms with Crippen LogP contribution in [0.25, 0.3) is 0 Å². The van der Waals surface area contributed by atoms with Crippen molar-refractivity contribution in [2.75, 3.05) is 12.4 Å². The van der Waals surface area contributed by atoms with Crippen molar-refractivity contribution in [3.63, 3.8) is 0 Å². The summed E-state index contributed by atoms with van der Waals surface area (Å²) in [6.07, 6.45) is -4.59. The number of amides is 1. The molecule has 5 nitrogen and oxygen atoms in total. The molecule has 0 spiro atoms. The van der Waals surface area contributed by atoms with Crippen molar-refractivity contribution >= 4 is 23.2 Å². The first-order valence-electron chi connectivity index (χ1n) is 5.59. The van der Waals surface area contributed by atoms with E-state index in [0.29, 0.717) is 17.5 Å². The number of aromatic nitrogens is 2. The van der Waals surface area contributed by atoms with Crippen molar-refractivity contribution in [1.82, 2.24) is 10.2 Å². The molecule has 0 aliphatic carbocycles. The summed E-state index contributed by atoms with van der Waals surface area (Å²) in [5.74, 6) is -0.378. The first-order chi connectivity index (χ1) is 9.81. The van der Waals surface area contributed by atoms with Gasteiger partial charge in [-0.2, -0.15) is 18.3 Å². The van der Waals surface area contributed by atoms with Crippen molar-refractivity contribution in [2.24, 2.45) is 0 Å². The molecule has 112 valence electrons. The molecule has 1 aromatic carbocycles. The van der Waals surface area contributed by atoms with Crippen LogP contribution in [0.15, 0.2) is 24.3 Å². The summed E-state index contributed by atoms with van der Waals surface area (Å²) in [5, 5.41) is 7.72. The number of carbonyl (C=O) groups excluding carboxylic acids is 1. The maximum absolute atomic E-state index is 12.4. The van der Waals surface area contributed by atoms with E-state index < -0.39 is 17.8 Å². The number of halogens is 4. The quantitative estimate of drug-likeness (QED) is 0.911. The highest BCUT2D eigenvalue weighted by molar-refractivity contribution is 6.32. The maximum atomic E-state index is 12.4. The average molecular weight is 320 g/mol. The van der Waals surface area contributed by atoms with Crippen molar-refractivity contribution < 1.29 is 22.7 Å². The van der Waals surface area contributed by atoms with Crippen molar-refractivity contribution in [1.29, 1.82) is 0 Å². The smallest absolute Gasteiger partial charge is 0.432 e. The minimum Gasteiger partial charge on any atom is -0.495 e. The Labute approximate surface area is 122 Å². The van der Waals surface area contributed by atoms with Crippen LogP contribution in [0.3, 0.4) is 0 Å². The van der Waals surface area contributed by atoms with Crippen molar-refractivity contribution in [2.45, 2.75) is 6.18 Å². The zero-order chi connectivity index (χ0) is 15.6. The Bertz CT molecular complexity index is 670. The summed E-state index contributed by atoms with van der Waals surface area (Å²) in [7, 11) is 1.43. The molecule has 1 heterocycles. The van der Waals surface area contributed by atoms with Gasteiger partial charge in [0.2, 0.25) is 0 Å². The molecule has 0 atom stereocenters. The molecule has 0 bridgehead atoms. The Morgan fingerprint density at radius 2 is 2.10 bits per heavy atom. The van der Waals surface area contributed by atoms with Gasteiger partial charge >= 0.3 is 6.18 Å². The second kappa shape index (κ2) is 5.65. The first-order valence-corrected chi connectivity index (χ1v) is 5.96. The molecule has 0 unspecified atom stereocenters. The molecule has 0 radical (unpaired) electrons. The van der Waals surface area contributed by atoms with Crippen LogP contribution >= 0.6 is 11.6 Å². The monoisotopic (exact) mass is 319 g/mol. The lowest BCUT2D eigenvalue weighted by atomic mass is 10.2. The van der Waals surface area contributed by atoms with E-state index in [2.05, 4.69) is 10.4 Å². The summed E-state index contributed by atoms with van der Waals surface area (Å²) in [5.41, 5.74) is -1.17. The van der Waals surface area contributed by atoms with E-state index in [4.69, 9.17) is 16.3 Å². The Balaban J connectivity index is 2.14. The number of nitrogens with one attached hydrogen (secondary N) is 2. The predicted octanol–water partition coefficient (Wildman–Crippen LogP) is 3.34. The highest BCUT2D eigenvalue weighted by Crippen LogP contribution is 2.29. The number of benzene rings is 1. The molecule has 2 aromatic rings. The van der Waals surface area contributed by atoms with Crippen LogP contribution in [-0.4, -0.2) is 23.2 Å². The van der Waals surface area contributed by atoms with Crippen molar-refractivity contribution in [3.8, 4) is 5.75 Å². The number of rotatable bonds is 3. The lowest BCUT2D eigenvalue weighted by Gasteiger charge is -2.06. The lowest BCUT2D eigenvalue weighted by molar-refractivity contribution is -0.141. The van der Waals surface area contributed by atoms with Gasteiger partial charge in [-0.3, -0.25) is 9.89 Å². The van der Waals surface area contributed by atoms with Gasteiger partial charge in [-0.1, -0.05) is 11.6 Å². The Hall–Kier alpha value is -2.22. The van der Waals surface area contributed by atoms with Gasteiger partial charge in [0.15, 0.2) is 5.69 Å². The molecule has 2 N–H and O–H groups in total. The Kier molecular flexibility index (Phi) is 4.08. The standard InChI is InChI=1S/C12H9ClF3N3O2/c1-21-9-3-2-6(4-7(9)13)17-11(20)8-5-10(19-18-8)12(14,15)16/h2-5H,1H3,(H,17,20)(H,18,19). The predicted molar refractivity (Wildman–Crippen MR) is 69.5 cm³/mol. The zero-order valence-electron chi connectivity index (χ0n) is 10.6. The van der Waals surface area contributed by atoms with Crippen LogP contribution < -0.4 is 10.1 Å². The summed E-state index contributed by atoms with van der Waals surface area (Å²) < 4.78 is 42.1. The molecule has 0 saturated heterocycles. The third-order valence-corrected chi connectivity index (χ3v) is 2.82. The molecule has 0 aliphatic heterocycles. The molecule has 21 heavy (non-hydrogen) atoms. The Morgan fingerprint density at radius 3 is 2.62 bits per heavy atom. The number of methoxy groups -OCH3 is 1. The fourth-order valence-electron chi connectivity index (χ4n) is 1.52. The van der Waals surface area contributed by atoms with Crippen LogP contribution in [-0.2, 0) is 6.18 Å². The van der Waals surface area contributed by atoms with Crippen molar-refractivity contribution in [3.05, 3.63) is 40.7 Å². The lowest BCUT2D eigenvalue weighted by Crippen LogP contribution is -2.12. The van der Waals surface area contributed by atoms with Gasteiger partial charge in [-0.05, 0) is 18.2 Å². The number of hydrogen-bond donors (Lipinski definition) is 2. The highest BCUT2D eigenvalue weighted by Gasteiger charge is 2.33. The van der Waals surface area contributed by atoms with Crippen LogP contribution in [0.1, 0.15) is 16.2 Å². The van der Waals surface area contributed by atoms with E-state index in [-0.39, 0.29) is 10.7 Å². The molecule has 9 heteroatoms. The third kappa shape index (κ3) is 3.46.